The van der Waals surface area contributed by atoms with Crippen LogP contribution >= 0.6 is 0 Å². The maximum absolute atomic E-state index is 13.5. The van der Waals surface area contributed by atoms with Crippen molar-refractivity contribution in [1.82, 2.24) is 5.16 Å². The van der Waals surface area contributed by atoms with Gasteiger partial charge in [-0.3, -0.25) is 0 Å². The lowest BCUT2D eigenvalue weighted by Gasteiger charge is -2.06. The van der Waals surface area contributed by atoms with E-state index in [1.165, 1.54) is 12.1 Å². The van der Waals surface area contributed by atoms with E-state index in [4.69, 9.17) is 9.78 Å². The second kappa shape index (κ2) is 4.84. The topological polar surface area (TPSA) is 61.9 Å². The zero-order chi connectivity index (χ0) is 13.1. The summed E-state index contributed by atoms with van der Waals surface area (Å²) in [4.78, 5) is 0. The van der Waals surface area contributed by atoms with E-state index in [2.05, 4.69) is 10.5 Å². The molecule has 0 atom stereocenters. The summed E-state index contributed by atoms with van der Waals surface area (Å²) in [6, 6.07) is 5.77. The smallest absolute Gasteiger partial charge is 0.183 e. The molecule has 0 bridgehead atoms. The summed E-state index contributed by atoms with van der Waals surface area (Å²) >= 11 is 0. The molecule has 4 nitrogen and oxygen atoms in total. The molecule has 1 aromatic carbocycles. The van der Waals surface area contributed by atoms with E-state index >= 15 is 0 Å². The highest BCUT2D eigenvalue weighted by Crippen LogP contribution is 2.20. The monoisotopic (exact) mass is 249 g/mol. The van der Waals surface area contributed by atoms with E-state index in [1.807, 2.05) is 0 Å². The number of rotatable bonds is 3. The minimum absolute atomic E-state index is 0.0273. The Morgan fingerprint density at radius 1 is 1.39 bits per heavy atom. The van der Waals surface area contributed by atoms with Crippen molar-refractivity contribution in [3.63, 3.8) is 0 Å². The van der Waals surface area contributed by atoms with Crippen LogP contribution in [0.5, 0.6) is 0 Å². The quantitative estimate of drug-likeness (QED) is 0.908. The molecule has 1 N–H and O–H groups in total. The molecule has 0 aliphatic heterocycles. The molecule has 2 aromatic rings. The van der Waals surface area contributed by atoms with Crippen LogP contribution < -0.4 is 5.32 Å². The highest BCUT2D eigenvalue weighted by atomic mass is 19.2. The highest BCUT2D eigenvalue weighted by Gasteiger charge is 2.13. The summed E-state index contributed by atoms with van der Waals surface area (Å²) in [6.07, 6.45) is 0. The van der Waals surface area contributed by atoms with Crippen LogP contribution in [0.3, 0.4) is 0 Å². The van der Waals surface area contributed by atoms with E-state index in [-0.39, 0.29) is 17.8 Å². The average Bonchev–Trinajstić information content (AvgIpc) is 2.77. The van der Waals surface area contributed by atoms with Gasteiger partial charge in [0.1, 0.15) is 6.07 Å². The number of nitriles is 1. The van der Waals surface area contributed by atoms with Gasteiger partial charge in [-0.15, -0.1) is 0 Å². The fourth-order valence-electron chi connectivity index (χ4n) is 1.45. The minimum Gasteiger partial charge on any atom is -0.375 e. The summed E-state index contributed by atoms with van der Waals surface area (Å²) in [5.74, 6) is -1.72. The first kappa shape index (κ1) is 12.0. The number of hydrogen-bond donors (Lipinski definition) is 1. The molecule has 0 saturated heterocycles. The molecule has 0 unspecified atom stereocenters. The molecule has 0 amide bonds. The van der Waals surface area contributed by atoms with Gasteiger partial charge in [0.2, 0.25) is 0 Å². The number of halogens is 2. The summed E-state index contributed by atoms with van der Waals surface area (Å²) in [5, 5.41) is 14.9. The summed E-state index contributed by atoms with van der Waals surface area (Å²) in [7, 11) is 0. The van der Waals surface area contributed by atoms with Crippen LogP contribution in [0, 0.1) is 29.9 Å². The number of anilines is 1. The first-order chi connectivity index (χ1) is 8.61. The van der Waals surface area contributed by atoms with Crippen LogP contribution in [-0.4, -0.2) is 5.16 Å². The Hall–Kier alpha value is -2.42. The SMILES string of the molecule is Cc1cc(CNc2ccc(C#N)c(F)c2F)on1. The van der Waals surface area contributed by atoms with Gasteiger partial charge in [-0.2, -0.15) is 5.26 Å². The van der Waals surface area contributed by atoms with Crippen molar-refractivity contribution in [1.29, 1.82) is 5.26 Å². The van der Waals surface area contributed by atoms with Gasteiger partial charge < -0.3 is 9.84 Å². The van der Waals surface area contributed by atoms with E-state index in [0.29, 0.717) is 11.5 Å². The van der Waals surface area contributed by atoms with Gasteiger partial charge in [0, 0.05) is 6.07 Å². The third-order valence-corrected chi connectivity index (χ3v) is 2.33. The van der Waals surface area contributed by atoms with Crippen molar-refractivity contribution in [3.05, 3.63) is 46.9 Å². The molecule has 18 heavy (non-hydrogen) atoms. The number of aryl methyl sites for hydroxylation is 1. The van der Waals surface area contributed by atoms with Crippen LogP contribution in [-0.2, 0) is 6.54 Å². The molecule has 0 fully saturated rings. The van der Waals surface area contributed by atoms with Crippen molar-refractivity contribution in [3.8, 4) is 6.07 Å². The maximum Gasteiger partial charge on any atom is 0.183 e. The van der Waals surface area contributed by atoms with E-state index in [0.717, 1.165) is 0 Å². The average molecular weight is 249 g/mol. The van der Waals surface area contributed by atoms with Gasteiger partial charge in [0.25, 0.3) is 0 Å². The largest absolute Gasteiger partial charge is 0.375 e. The van der Waals surface area contributed by atoms with Gasteiger partial charge in [0.15, 0.2) is 17.4 Å². The Kier molecular flexibility index (Phi) is 3.24. The standard InChI is InChI=1S/C12H9F2N3O/c1-7-4-9(18-17-7)6-16-10-3-2-8(5-15)11(13)12(10)14/h2-4,16H,6H2,1H3. The number of nitrogens with one attached hydrogen (secondary N) is 1. The van der Waals surface area contributed by atoms with Crippen molar-refractivity contribution in [2.45, 2.75) is 13.5 Å². The molecule has 0 aliphatic rings. The third kappa shape index (κ3) is 2.30. The van der Waals surface area contributed by atoms with Crippen LogP contribution in [0.15, 0.2) is 22.7 Å². The fraction of sp³-hybridized carbons (Fsp3) is 0.167. The van der Waals surface area contributed by atoms with Crippen LogP contribution in [0.1, 0.15) is 17.0 Å². The molecule has 2 rings (SSSR count). The zero-order valence-electron chi connectivity index (χ0n) is 9.50. The van der Waals surface area contributed by atoms with Crippen molar-refractivity contribution < 1.29 is 13.3 Å². The molecule has 0 radical (unpaired) electrons. The predicted molar refractivity (Wildman–Crippen MR) is 59.6 cm³/mol. The highest BCUT2D eigenvalue weighted by molar-refractivity contribution is 5.49. The van der Waals surface area contributed by atoms with E-state index in [1.54, 1.807) is 19.1 Å². The van der Waals surface area contributed by atoms with Crippen LogP contribution in [0.4, 0.5) is 14.5 Å². The lowest BCUT2D eigenvalue weighted by Crippen LogP contribution is -2.03. The Bertz CT molecular complexity index is 616. The van der Waals surface area contributed by atoms with Crippen LogP contribution in [0.2, 0.25) is 0 Å². The molecule has 1 aromatic heterocycles. The molecule has 92 valence electrons. The number of nitrogens with zero attached hydrogens (tertiary/aromatic N) is 2. The van der Waals surface area contributed by atoms with Gasteiger partial charge in [-0.05, 0) is 19.1 Å². The summed E-state index contributed by atoms with van der Waals surface area (Å²) < 4.78 is 31.8. The maximum atomic E-state index is 13.5. The fourth-order valence-corrected chi connectivity index (χ4v) is 1.45. The number of hydrogen-bond acceptors (Lipinski definition) is 4. The molecule has 0 spiro atoms. The van der Waals surface area contributed by atoms with Gasteiger partial charge in [-0.25, -0.2) is 8.78 Å². The zero-order valence-corrected chi connectivity index (χ0v) is 9.50. The van der Waals surface area contributed by atoms with E-state index in [9.17, 15) is 8.78 Å². The Balaban J connectivity index is 2.15. The van der Waals surface area contributed by atoms with Gasteiger partial charge >= 0.3 is 0 Å². The van der Waals surface area contributed by atoms with Gasteiger partial charge in [-0.1, -0.05) is 5.16 Å². The van der Waals surface area contributed by atoms with E-state index < -0.39 is 11.6 Å². The Morgan fingerprint density at radius 2 is 2.17 bits per heavy atom. The van der Waals surface area contributed by atoms with Crippen molar-refractivity contribution in [2.24, 2.45) is 0 Å². The predicted octanol–water partition coefficient (Wildman–Crippen LogP) is 2.75. The molecular weight excluding hydrogens is 240 g/mol. The Labute approximate surface area is 102 Å². The Morgan fingerprint density at radius 3 is 2.78 bits per heavy atom. The number of aromatic nitrogens is 1. The first-order valence-corrected chi connectivity index (χ1v) is 5.16. The lowest BCUT2D eigenvalue weighted by molar-refractivity contribution is 0.384. The third-order valence-electron chi connectivity index (χ3n) is 2.33. The second-order valence-electron chi connectivity index (χ2n) is 3.69. The first-order valence-electron chi connectivity index (χ1n) is 5.16. The summed E-state index contributed by atoms with van der Waals surface area (Å²) in [5.41, 5.74) is 0.354. The number of benzene rings is 1. The lowest BCUT2D eigenvalue weighted by atomic mass is 10.2. The molecule has 0 saturated carbocycles. The van der Waals surface area contributed by atoms with Gasteiger partial charge in [0.05, 0.1) is 23.5 Å². The van der Waals surface area contributed by atoms with Crippen molar-refractivity contribution in [2.75, 3.05) is 5.32 Å². The summed E-state index contributed by atoms with van der Waals surface area (Å²) in [6.45, 7) is 1.94. The molecule has 0 aliphatic carbocycles. The minimum atomic E-state index is -1.16. The van der Waals surface area contributed by atoms with Crippen LogP contribution in [0.25, 0.3) is 0 Å². The normalized spacial score (nSPS) is 10.1. The molecule has 1 heterocycles. The molecular formula is C12H9F2N3O. The molecule has 6 heteroatoms. The second-order valence-corrected chi connectivity index (χ2v) is 3.69. The van der Waals surface area contributed by atoms with Crippen molar-refractivity contribution >= 4 is 5.69 Å².